The molecular formula is C14H18N2O2S. The third kappa shape index (κ3) is 2.39. The van der Waals surface area contributed by atoms with Crippen LogP contribution in [0.3, 0.4) is 0 Å². The van der Waals surface area contributed by atoms with Gasteiger partial charge in [0.05, 0.1) is 22.7 Å². The van der Waals surface area contributed by atoms with E-state index < -0.39 is 9.84 Å². The normalized spacial score (nSPS) is 22.7. The molecule has 1 aliphatic rings. The van der Waals surface area contributed by atoms with Gasteiger partial charge in [0.1, 0.15) is 5.82 Å². The first-order valence-electron chi connectivity index (χ1n) is 6.70. The van der Waals surface area contributed by atoms with Gasteiger partial charge in [-0.25, -0.2) is 13.4 Å². The molecule has 0 N–H and O–H groups in total. The van der Waals surface area contributed by atoms with Crippen molar-refractivity contribution in [2.75, 3.05) is 5.75 Å². The van der Waals surface area contributed by atoms with Gasteiger partial charge in [-0.05, 0) is 37.5 Å². The molecule has 102 valence electrons. The maximum absolute atomic E-state index is 12.1. The fourth-order valence-corrected chi connectivity index (χ4v) is 4.64. The number of hydrogen-bond acceptors (Lipinski definition) is 3. The van der Waals surface area contributed by atoms with Crippen LogP contribution in [0.5, 0.6) is 0 Å². The summed E-state index contributed by atoms with van der Waals surface area (Å²) < 4.78 is 26.1. The highest BCUT2D eigenvalue weighted by Crippen LogP contribution is 2.23. The summed E-state index contributed by atoms with van der Waals surface area (Å²) in [6.07, 6.45) is 6.90. The van der Waals surface area contributed by atoms with Crippen LogP contribution < -0.4 is 0 Å². The first-order valence-corrected chi connectivity index (χ1v) is 8.42. The van der Waals surface area contributed by atoms with Gasteiger partial charge in [-0.1, -0.05) is 6.42 Å². The Morgan fingerprint density at radius 1 is 1.42 bits per heavy atom. The predicted molar refractivity (Wildman–Crippen MR) is 75.1 cm³/mol. The van der Waals surface area contributed by atoms with Gasteiger partial charge >= 0.3 is 0 Å². The molecule has 0 aliphatic carbocycles. The number of nitrogens with zero attached hydrogens (tertiary/aromatic N) is 2. The van der Waals surface area contributed by atoms with Crippen molar-refractivity contribution in [3.05, 3.63) is 35.9 Å². The topological polar surface area (TPSA) is 51.4 Å². The lowest BCUT2D eigenvalue weighted by Gasteiger charge is -2.21. The summed E-state index contributed by atoms with van der Waals surface area (Å²) >= 11 is 0. The van der Waals surface area contributed by atoms with E-state index in [2.05, 4.69) is 11.1 Å². The molecule has 1 fully saturated rings. The lowest BCUT2D eigenvalue weighted by atomic mass is 10.1. The molecule has 0 saturated carbocycles. The summed E-state index contributed by atoms with van der Waals surface area (Å²) in [6, 6.07) is 4.08. The van der Waals surface area contributed by atoms with Gasteiger partial charge in [0.15, 0.2) is 9.84 Å². The first kappa shape index (κ1) is 12.7. The summed E-state index contributed by atoms with van der Waals surface area (Å²) in [5.41, 5.74) is 2.22. The molecule has 0 aromatic carbocycles. The molecule has 3 heterocycles. The van der Waals surface area contributed by atoms with Crippen molar-refractivity contribution in [3.63, 3.8) is 0 Å². The van der Waals surface area contributed by atoms with E-state index in [9.17, 15) is 8.42 Å². The maximum atomic E-state index is 12.1. The molecule has 0 bridgehead atoms. The fourth-order valence-electron chi connectivity index (χ4n) is 2.77. The molecule has 0 radical (unpaired) electrons. The lowest BCUT2D eigenvalue weighted by Crippen LogP contribution is -2.30. The van der Waals surface area contributed by atoms with E-state index >= 15 is 0 Å². The molecular weight excluding hydrogens is 260 g/mol. The smallest absolute Gasteiger partial charge is 0.153 e. The highest BCUT2D eigenvalue weighted by Gasteiger charge is 2.29. The maximum Gasteiger partial charge on any atom is 0.153 e. The number of imidazole rings is 1. The van der Waals surface area contributed by atoms with Gasteiger partial charge in [0.25, 0.3) is 0 Å². The van der Waals surface area contributed by atoms with Gasteiger partial charge in [-0.3, -0.25) is 0 Å². The van der Waals surface area contributed by atoms with Crippen LogP contribution in [-0.4, -0.2) is 28.8 Å². The summed E-state index contributed by atoms with van der Waals surface area (Å²) in [5.74, 6) is 1.19. The number of rotatable bonds is 2. The minimum Gasteiger partial charge on any atom is -0.304 e. The van der Waals surface area contributed by atoms with Gasteiger partial charge in [-0.2, -0.15) is 0 Å². The summed E-state index contributed by atoms with van der Waals surface area (Å²) in [7, 11) is -2.93. The van der Waals surface area contributed by atoms with Crippen LogP contribution in [0.2, 0.25) is 0 Å². The zero-order valence-electron chi connectivity index (χ0n) is 11.0. The summed E-state index contributed by atoms with van der Waals surface area (Å²) in [6.45, 7) is 2.04. The quantitative estimate of drug-likeness (QED) is 0.846. The minimum atomic E-state index is -2.93. The third-order valence-corrected chi connectivity index (χ3v) is 6.16. The molecule has 1 unspecified atom stereocenters. The Labute approximate surface area is 113 Å². The number of pyridine rings is 1. The molecule has 0 spiro atoms. The van der Waals surface area contributed by atoms with E-state index in [1.807, 2.05) is 29.8 Å². The average molecular weight is 278 g/mol. The summed E-state index contributed by atoms with van der Waals surface area (Å²) in [5, 5.41) is -0.256. The molecule has 2 aromatic heterocycles. The molecule has 19 heavy (non-hydrogen) atoms. The van der Waals surface area contributed by atoms with Gasteiger partial charge < -0.3 is 4.40 Å². The standard InChI is InChI=1S/C14H18N2O2S/c1-11-5-6-16-12(8-11)10-15-14(16)9-13-4-2-3-7-19(13,17)18/h5-6,8,10,13H,2-4,7,9H2,1H3. The van der Waals surface area contributed by atoms with Crippen LogP contribution in [0.4, 0.5) is 0 Å². The second kappa shape index (κ2) is 4.63. The Kier molecular flexibility index (Phi) is 3.09. The molecule has 1 saturated heterocycles. The van der Waals surface area contributed by atoms with E-state index in [0.29, 0.717) is 12.2 Å². The Balaban J connectivity index is 1.93. The average Bonchev–Trinajstić information content (AvgIpc) is 2.74. The molecule has 2 aromatic rings. The second-order valence-corrected chi connectivity index (χ2v) is 7.76. The van der Waals surface area contributed by atoms with Crippen LogP contribution in [0.25, 0.3) is 5.52 Å². The predicted octanol–water partition coefficient (Wildman–Crippen LogP) is 2.15. The van der Waals surface area contributed by atoms with Crippen molar-refractivity contribution in [2.45, 2.75) is 37.9 Å². The van der Waals surface area contributed by atoms with Crippen molar-refractivity contribution in [2.24, 2.45) is 0 Å². The van der Waals surface area contributed by atoms with Crippen molar-refractivity contribution in [3.8, 4) is 0 Å². The molecule has 0 amide bonds. The Morgan fingerprint density at radius 3 is 3.05 bits per heavy atom. The Hall–Kier alpha value is -1.36. The minimum absolute atomic E-state index is 0.256. The lowest BCUT2D eigenvalue weighted by molar-refractivity contribution is 0.534. The van der Waals surface area contributed by atoms with Gasteiger partial charge in [0, 0.05) is 12.6 Å². The van der Waals surface area contributed by atoms with Crippen molar-refractivity contribution in [1.29, 1.82) is 0 Å². The monoisotopic (exact) mass is 278 g/mol. The zero-order chi connectivity index (χ0) is 13.5. The van der Waals surface area contributed by atoms with Crippen LogP contribution in [0, 0.1) is 6.92 Å². The van der Waals surface area contributed by atoms with Crippen LogP contribution in [0.1, 0.15) is 30.7 Å². The fraction of sp³-hybridized carbons (Fsp3) is 0.500. The molecule has 1 atom stereocenters. The summed E-state index contributed by atoms with van der Waals surface area (Å²) in [4.78, 5) is 4.39. The molecule has 5 heteroatoms. The van der Waals surface area contributed by atoms with E-state index in [0.717, 1.165) is 30.6 Å². The SMILES string of the molecule is Cc1ccn2c(CC3CCCCS3(=O)=O)ncc2c1. The zero-order valence-corrected chi connectivity index (χ0v) is 11.9. The number of hydrogen-bond donors (Lipinski definition) is 0. The van der Waals surface area contributed by atoms with E-state index in [1.165, 1.54) is 5.56 Å². The van der Waals surface area contributed by atoms with E-state index in [1.54, 1.807) is 0 Å². The van der Waals surface area contributed by atoms with Gasteiger partial charge in [-0.15, -0.1) is 0 Å². The highest BCUT2D eigenvalue weighted by molar-refractivity contribution is 7.92. The number of fused-ring (bicyclic) bond motifs is 1. The molecule has 3 rings (SSSR count). The third-order valence-electron chi connectivity index (χ3n) is 3.89. The number of aromatic nitrogens is 2. The van der Waals surface area contributed by atoms with Crippen molar-refractivity contribution < 1.29 is 8.42 Å². The van der Waals surface area contributed by atoms with Crippen molar-refractivity contribution >= 4 is 15.4 Å². The largest absolute Gasteiger partial charge is 0.304 e. The Bertz CT molecular complexity index is 703. The molecule has 1 aliphatic heterocycles. The number of aryl methyl sites for hydroxylation is 1. The van der Waals surface area contributed by atoms with Crippen LogP contribution in [0.15, 0.2) is 24.5 Å². The van der Waals surface area contributed by atoms with E-state index in [4.69, 9.17) is 0 Å². The van der Waals surface area contributed by atoms with Crippen LogP contribution >= 0.6 is 0 Å². The van der Waals surface area contributed by atoms with Gasteiger partial charge in [0.2, 0.25) is 0 Å². The second-order valence-electron chi connectivity index (χ2n) is 5.36. The van der Waals surface area contributed by atoms with E-state index in [-0.39, 0.29) is 5.25 Å². The highest BCUT2D eigenvalue weighted by atomic mass is 32.2. The molecule has 4 nitrogen and oxygen atoms in total. The first-order chi connectivity index (χ1) is 9.06. The Morgan fingerprint density at radius 2 is 2.26 bits per heavy atom. The number of sulfone groups is 1. The van der Waals surface area contributed by atoms with Crippen molar-refractivity contribution in [1.82, 2.24) is 9.38 Å². The van der Waals surface area contributed by atoms with Crippen LogP contribution in [-0.2, 0) is 16.3 Å².